The molecule has 0 aliphatic carbocycles. The quantitative estimate of drug-likeness (QED) is 0.860. The Labute approximate surface area is 105 Å². The molecule has 0 bridgehead atoms. The highest BCUT2D eigenvalue weighted by atomic mass is 15.2. The van der Waals surface area contributed by atoms with Gasteiger partial charge < -0.3 is 5.32 Å². The zero-order valence-electron chi connectivity index (χ0n) is 11.2. The van der Waals surface area contributed by atoms with Crippen LogP contribution in [-0.4, -0.2) is 31.1 Å². The number of hydrogen-bond acceptors (Lipinski definition) is 2. The third-order valence-electron chi connectivity index (χ3n) is 3.90. The van der Waals surface area contributed by atoms with E-state index in [1.165, 1.54) is 18.7 Å². The smallest absolute Gasteiger partial charge is 0.0233 e. The molecule has 1 N–H and O–H groups in total. The number of rotatable bonds is 3. The van der Waals surface area contributed by atoms with Gasteiger partial charge in [-0.15, -0.1) is 0 Å². The Morgan fingerprint density at radius 2 is 1.71 bits per heavy atom. The van der Waals surface area contributed by atoms with Crippen molar-refractivity contribution < 1.29 is 0 Å². The molecule has 1 aromatic carbocycles. The number of hydrogen-bond donors (Lipinski definition) is 1. The van der Waals surface area contributed by atoms with E-state index in [0.717, 1.165) is 18.4 Å². The van der Waals surface area contributed by atoms with Crippen molar-refractivity contribution in [1.82, 2.24) is 10.2 Å². The van der Waals surface area contributed by atoms with Crippen LogP contribution in [0, 0.1) is 11.8 Å². The van der Waals surface area contributed by atoms with Crippen molar-refractivity contribution >= 4 is 0 Å². The predicted octanol–water partition coefficient (Wildman–Crippen LogP) is 2.36. The first-order valence-electron chi connectivity index (χ1n) is 6.64. The molecule has 1 fully saturated rings. The molecule has 1 heterocycles. The summed E-state index contributed by atoms with van der Waals surface area (Å²) in [5, 5.41) is 3.46. The summed E-state index contributed by atoms with van der Waals surface area (Å²) in [4.78, 5) is 2.58. The number of piperidine rings is 1. The maximum atomic E-state index is 3.46. The summed E-state index contributed by atoms with van der Waals surface area (Å²) < 4.78 is 0. The van der Waals surface area contributed by atoms with Crippen LogP contribution in [0.2, 0.25) is 0 Å². The van der Waals surface area contributed by atoms with Crippen molar-refractivity contribution in [2.45, 2.75) is 26.4 Å². The third kappa shape index (κ3) is 3.08. The molecule has 17 heavy (non-hydrogen) atoms. The van der Waals surface area contributed by atoms with E-state index in [2.05, 4.69) is 61.4 Å². The highest BCUT2D eigenvalue weighted by Crippen LogP contribution is 2.23. The first-order chi connectivity index (χ1) is 8.20. The molecule has 2 heteroatoms. The highest BCUT2D eigenvalue weighted by molar-refractivity contribution is 5.14. The van der Waals surface area contributed by atoms with Gasteiger partial charge in [0.2, 0.25) is 0 Å². The molecule has 94 valence electrons. The fourth-order valence-corrected chi connectivity index (χ4v) is 3.22. The largest absolute Gasteiger partial charge is 0.316 e. The molecule has 2 nitrogen and oxygen atoms in total. The molecular weight excluding hydrogens is 208 g/mol. The second-order valence-corrected chi connectivity index (χ2v) is 5.45. The monoisotopic (exact) mass is 232 g/mol. The topological polar surface area (TPSA) is 15.3 Å². The van der Waals surface area contributed by atoms with Crippen molar-refractivity contribution in [2.24, 2.45) is 11.8 Å². The normalized spacial score (nSPS) is 30.4. The Kier molecular flexibility index (Phi) is 4.19. The van der Waals surface area contributed by atoms with Crippen LogP contribution in [-0.2, 0) is 6.54 Å². The van der Waals surface area contributed by atoms with Crippen LogP contribution >= 0.6 is 0 Å². The number of benzene rings is 1. The van der Waals surface area contributed by atoms with Crippen molar-refractivity contribution in [3.8, 4) is 0 Å². The minimum atomic E-state index is 0.669. The maximum Gasteiger partial charge on any atom is 0.0233 e. The van der Waals surface area contributed by atoms with Crippen LogP contribution < -0.4 is 5.32 Å². The SMILES string of the molecule is CNC1C(C)CN(Cc2ccccc2)CC1C. The van der Waals surface area contributed by atoms with Gasteiger partial charge in [0.1, 0.15) is 0 Å². The molecule has 0 amide bonds. The fraction of sp³-hybridized carbons (Fsp3) is 0.600. The van der Waals surface area contributed by atoms with E-state index in [-0.39, 0.29) is 0 Å². The molecule has 1 aromatic rings. The lowest BCUT2D eigenvalue weighted by Gasteiger charge is -2.41. The molecule has 1 saturated heterocycles. The second kappa shape index (κ2) is 5.65. The Balaban J connectivity index is 1.96. The molecule has 1 aliphatic heterocycles. The molecule has 2 unspecified atom stereocenters. The maximum absolute atomic E-state index is 3.46. The van der Waals surface area contributed by atoms with E-state index in [1.54, 1.807) is 0 Å². The molecule has 2 atom stereocenters. The van der Waals surface area contributed by atoms with Crippen LogP contribution in [0.15, 0.2) is 30.3 Å². The van der Waals surface area contributed by atoms with Gasteiger partial charge in [0.25, 0.3) is 0 Å². The molecule has 0 aromatic heterocycles. The molecule has 1 aliphatic rings. The van der Waals surface area contributed by atoms with Gasteiger partial charge >= 0.3 is 0 Å². The van der Waals surface area contributed by atoms with E-state index >= 15 is 0 Å². The van der Waals surface area contributed by atoms with Crippen LogP contribution in [0.3, 0.4) is 0 Å². The van der Waals surface area contributed by atoms with Crippen molar-refractivity contribution in [3.05, 3.63) is 35.9 Å². The average molecular weight is 232 g/mol. The lowest BCUT2D eigenvalue weighted by molar-refractivity contribution is 0.0987. The van der Waals surface area contributed by atoms with Gasteiger partial charge in [-0.1, -0.05) is 44.2 Å². The fourth-order valence-electron chi connectivity index (χ4n) is 3.22. The van der Waals surface area contributed by atoms with E-state index in [1.807, 2.05) is 0 Å². The van der Waals surface area contributed by atoms with Crippen molar-refractivity contribution in [1.29, 1.82) is 0 Å². The third-order valence-corrected chi connectivity index (χ3v) is 3.90. The number of nitrogens with one attached hydrogen (secondary N) is 1. The van der Waals surface area contributed by atoms with Gasteiger partial charge in [0.05, 0.1) is 0 Å². The van der Waals surface area contributed by atoms with E-state index in [9.17, 15) is 0 Å². The van der Waals surface area contributed by atoms with Crippen LogP contribution in [0.1, 0.15) is 19.4 Å². The molecule has 0 saturated carbocycles. The standard InChI is InChI=1S/C15H24N2/c1-12-9-17(10-13(2)15(12)16-3)11-14-7-5-4-6-8-14/h4-8,12-13,15-16H,9-11H2,1-3H3. The Morgan fingerprint density at radius 1 is 1.12 bits per heavy atom. The molecular formula is C15H24N2. The van der Waals surface area contributed by atoms with Gasteiger partial charge in [0.15, 0.2) is 0 Å². The van der Waals surface area contributed by atoms with Gasteiger partial charge in [-0.3, -0.25) is 4.90 Å². The summed E-state index contributed by atoms with van der Waals surface area (Å²) in [6.45, 7) is 8.20. The Bertz CT molecular complexity index is 324. The van der Waals surface area contributed by atoms with E-state index in [0.29, 0.717) is 6.04 Å². The Morgan fingerprint density at radius 3 is 2.24 bits per heavy atom. The summed E-state index contributed by atoms with van der Waals surface area (Å²) in [6.07, 6.45) is 0. The van der Waals surface area contributed by atoms with Gasteiger partial charge in [-0.2, -0.15) is 0 Å². The first kappa shape index (κ1) is 12.6. The van der Waals surface area contributed by atoms with Gasteiger partial charge in [0, 0.05) is 25.7 Å². The van der Waals surface area contributed by atoms with Crippen molar-refractivity contribution in [3.63, 3.8) is 0 Å². The summed E-state index contributed by atoms with van der Waals surface area (Å²) in [5.74, 6) is 1.46. The first-order valence-corrected chi connectivity index (χ1v) is 6.64. The summed E-state index contributed by atoms with van der Waals surface area (Å²) in [7, 11) is 2.09. The van der Waals surface area contributed by atoms with E-state index < -0.39 is 0 Å². The predicted molar refractivity (Wildman–Crippen MR) is 72.9 cm³/mol. The minimum Gasteiger partial charge on any atom is -0.316 e. The Hall–Kier alpha value is -0.860. The lowest BCUT2D eigenvalue weighted by Crippen LogP contribution is -2.52. The summed E-state index contributed by atoms with van der Waals surface area (Å²) >= 11 is 0. The summed E-state index contributed by atoms with van der Waals surface area (Å²) in [6, 6.07) is 11.5. The zero-order valence-corrected chi connectivity index (χ0v) is 11.2. The number of nitrogens with zero attached hydrogens (tertiary/aromatic N) is 1. The van der Waals surface area contributed by atoms with Crippen LogP contribution in [0.5, 0.6) is 0 Å². The molecule has 2 rings (SSSR count). The molecule has 0 spiro atoms. The van der Waals surface area contributed by atoms with Crippen LogP contribution in [0.4, 0.5) is 0 Å². The molecule has 0 radical (unpaired) electrons. The highest BCUT2D eigenvalue weighted by Gasteiger charge is 2.30. The van der Waals surface area contributed by atoms with Crippen molar-refractivity contribution in [2.75, 3.05) is 20.1 Å². The zero-order chi connectivity index (χ0) is 12.3. The minimum absolute atomic E-state index is 0.669. The average Bonchev–Trinajstić information content (AvgIpc) is 2.30. The van der Waals surface area contributed by atoms with E-state index in [4.69, 9.17) is 0 Å². The van der Waals surface area contributed by atoms with Crippen LogP contribution in [0.25, 0.3) is 0 Å². The second-order valence-electron chi connectivity index (χ2n) is 5.45. The van der Waals surface area contributed by atoms with Gasteiger partial charge in [-0.05, 0) is 24.4 Å². The van der Waals surface area contributed by atoms with Gasteiger partial charge in [-0.25, -0.2) is 0 Å². The lowest BCUT2D eigenvalue weighted by atomic mass is 9.86. The summed E-state index contributed by atoms with van der Waals surface area (Å²) in [5.41, 5.74) is 1.43. The number of likely N-dealkylation sites (tertiary alicyclic amines) is 1.